The topological polar surface area (TPSA) is 55.1 Å². The number of benzene rings is 2. The lowest BCUT2D eigenvalue weighted by Gasteiger charge is -2.32. The summed E-state index contributed by atoms with van der Waals surface area (Å²) < 4.78 is 0. The first kappa shape index (κ1) is 21.1. The molecule has 0 heterocycles. The van der Waals surface area contributed by atoms with Crippen LogP contribution in [0.1, 0.15) is 68.7 Å². The Hall–Kier alpha value is -2.57. The van der Waals surface area contributed by atoms with E-state index >= 15 is 0 Å². The van der Waals surface area contributed by atoms with Gasteiger partial charge in [-0.1, -0.05) is 62.1 Å². The van der Waals surface area contributed by atoms with Gasteiger partial charge >= 0.3 is 0 Å². The molecule has 0 spiro atoms. The highest BCUT2D eigenvalue weighted by atomic mass is 16.1. The molecule has 29 heavy (non-hydrogen) atoms. The summed E-state index contributed by atoms with van der Waals surface area (Å²) in [4.78, 5) is 12.9. The van der Waals surface area contributed by atoms with Crippen LogP contribution in [0.15, 0.2) is 48.5 Å². The SMILES string of the molecule is CC(C)(N)CC(C)(C)CNC(=O)CC1Cc2ccccc2C#Cc2ccccc21. The quantitative estimate of drug-likeness (QED) is 0.721. The molecule has 0 aromatic heterocycles. The fraction of sp³-hybridized carbons (Fsp3) is 0.423. The molecule has 3 N–H and O–H groups in total. The molecule has 0 saturated heterocycles. The van der Waals surface area contributed by atoms with Gasteiger partial charge in [-0.15, -0.1) is 0 Å². The average molecular weight is 389 g/mol. The normalized spacial score (nSPS) is 15.8. The number of amides is 1. The van der Waals surface area contributed by atoms with Crippen LogP contribution in [-0.2, 0) is 11.2 Å². The second-order valence-corrected chi connectivity index (χ2v) is 9.71. The molecule has 2 aromatic carbocycles. The Morgan fingerprint density at radius 3 is 2.38 bits per heavy atom. The predicted molar refractivity (Wildman–Crippen MR) is 120 cm³/mol. The van der Waals surface area contributed by atoms with Crippen LogP contribution in [0.4, 0.5) is 0 Å². The monoisotopic (exact) mass is 388 g/mol. The third-order valence-electron chi connectivity index (χ3n) is 5.35. The van der Waals surface area contributed by atoms with E-state index in [0.29, 0.717) is 13.0 Å². The number of rotatable bonds is 6. The molecule has 1 aliphatic rings. The minimum atomic E-state index is -0.255. The summed E-state index contributed by atoms with van der Waals surface area (Å²) in [6.45, 7) is 8.98. The molecule has 3 nitrogen and oxygen atoms in total. The molecule has 1 aliphatic carbocycles. The molecule has 0 bridgehead atoms. The van der Waals surface area contributed by atoms with E-state index in [4.69, 9.17) is 5.73 Å². The van der Waals surface area contributed by atoms with Crippen molar-refractivity contribution in [2.24, 2.45) is 11.1 Å². The highest BCUT2D eigenvalue weighted by Crippen LogP contribution is 2.30. The maximum atomic E-state index is 12.9. The summed E-state index contributed by atoms with van der Waals surface area (Å²) in [5.74, 6) is 6.80. The van der Waals surface area contributed by atoms with E-state index in [2.05, 4.69) is 49.2 Å². The molecule has 2 aromatic rings. The fourth-order valence-electron chi connectivity index (χ4n) is 4.41. The summed E-state index contributed by atoms with van der Waals surface area (Å²) in [5.41, 5.74) is 10.3. The summed E-state index contributed by atoms with van der Waals surface area (Å²) in [6, 6.07) is 16.4. The van der Waals surface area contributed by atoms with Crippen LogP contribution < -0.4 is 11.1 Å². The fourth-order valence-corrected chi connectivity index (χ4v) is 4.41. The molecule has 152 valence electrons. The van der Waals surface area contributed by atoms with Gasteiger partial charge in [0, 0.05) is 29.6 Å². The van der Waals surface area contributed by atoms with Crippen molar-refractivity contribution in [2.75, 3.05) is 6.54 Å². The number of nitrogens with one attached hydrogen (secondary N) is 1. The second-order valence-electron chi connectivity index (χ2n) is 9.71. The summed E-state index contributed by atoms with van der Waals surface area (Å²) >= 11 is 0. The Balaban J connectivity index is 1.76. The minimum absolute atomic E-state index is 0.0508. The van der Waals surface area contributed by atoms with Crippen LogP contribution in [-0.4, -0.2) is 18.0 Å². The van der Waals surface area contributed by atoms with Gasteiger partial charge in [-0.3, -0.25) is 4.79 Å². The maximum Gasteiger partial charge on any atom is 0.220 e. The average Bonchev–Trinajstić information content (AvgIpc) is 2.62. The van der Waals surface area contributed by atoms with E-state index in [-0.39, 0.29) is 22.8 Å². The van der Waals surface area contributed by atoms with Crippen molar-refractivity contribution < 1.29 is 4.79 Å². The van der Waals surface area contributed by atoms with Gasteiger partial charge in [-0.05, 0) is 61.3 Å². The van der Waals surface area contributed by atoms with Crippen molar-refractivity contribution in [3.8, 4) is 11.8 Å². The Kier molecular flexibility index (Phi) is 6.15. The van der Waals surface area contributed by atoms with Crippen molar-refractivity contribution in [2.45, 2.75) is 58.4 Å². The number of carbonyl (C=O) groups excluding carboxylic acids is 1. The first-order chi connectivity index (χ1) is 13.6. The van der Waals surface area contributed by atoms with Crippen LogP contribution in [0.2, 0.25) is 0 Å². The van der Waals surface area contributed by atoms with Crippen molar-refractivity contribution in [3.05, 3.63) is 70.8 Å². The van der Waals surface area contributed by atoms with Crippen molar-refractivity contribution in [3.63, 3.8) is 0 Å². The number of hydrogen-bond donors (Lipinski definition) is 2. The molecule has 1 unspecified atom stereocenters. The Labute approximate surface area is 175 Å². The molecular weight excluding hydrogens is 356 g/mol. The minimum Gasteiger partial charge on any atom is -0.356 e. The lowest BCUT2D eigenvalue weighted by atomic mass is 9.80. The lowest BCUT2D eigenvalue weighted by Crippen LogP contribution is -2.42. The highest BCUT2D eigenvalue weighted by molar-refractivity contribution is 5.77. The molecule has 1 atom stereocenters. The largest absolute Gasteiger partial charge is 0.356 e. The Morgan fingerprint density at radius 2 is 1.66 bits per heavy atom. The smallest absolute Gasteiger partial charge is 0.220 e. The first-order valence-electron chi connectivity index (χ1n) is 10.4. The van der Waals surface area contributed by atoms with Crippen molar-refractivity contribution in [1.82, 2.24) is 5.32 Å². The molecule has 0 radical (unpaired) electrons. The van der Waals surface area contributed by atoms with E-state index in [1.54, 1.807) is 0 Å². The van der Waals surface area contributed by atoms with Crippen molar-refractivity contribution >= 4 is 5.91 Å². The van der Waals surface area contributed by atoms with Crippen LogP contribution >= 0.6 is 0 Å². The van der Waals surface area contributed by atoms with Gasteiger partial charge in [0.05, 0.1) is 0 Å². The van der Waals surface area contributed by atoms with Gasteiger partial charge in [0.15, 0.2) is 0 Å². The van der Waals surface area contributed by atoms with Gasteiger partial charge in [0.2, 0.25) is 5.91 Å². The zero-order chi connectivity index (χ0) is 21.1. The summed E-state index contributed by atoms with van der Waals surface area (Å²) in [6.07, 6.45) is 2.11. The van der Waals surface area contributed by atoms with Gasteiger partial charge in [-0.25, -0.2) is 0 Å². The molecule has 0 fully saturated rings. The number of fused-ring (bicyclic) bond motifs is 2. The third kappa shape index (κ3) is 5.95. The molecule has 0 saturated carbocycles. The standard InChI is InChI=1S/C26H32N2O/c1-25(2,17-26(3,4)27)18-28-24(29)16-22-15-21-11-6-5-9-19(21)13-14-20-10-7-8-12-23(20)22/h5-12,22H,15-18,27H2,1-4H3,(H,28,29). The number of carbonyl (C=O) groups is 1. The molecular formula is C26H32N2O. The third-order valence-corrected chi connectivity index (χ3v) is 5.35. The maximum absolute atomic E-state index is 12.9. The van der Waals surface area contributed by atoms with Gasteiger partial charge in [0.25, 0.3) is 0 Å². The predicted octanol–water partition coefficient (Wildman–Crippen LogP) is 4.39. The van der Waals surface area contributed by atoms with Crippen LogP contribution in [0.25, 0.3) is 0 Å². The van der Waals surface area contributed by atoms with Gasteiger partial charge < -0.3 is 11.1 Å². The Morgan fingerprint density at radius 1 is 1.03 bits per heavy atom. The highest BCUT2D eigenvalue weighted by Gasteiger charge is 2.27. The zero-order valence-corrected chi connectivity index (χ0v) is 18.0. The molecule has 1 amide bonds. The molecule has 3 rings (SSSR count). The van der Waals surface area contributed by atoms with Crippen molar-refractivity contribution in [1.29, 1.82) is 0 Å². The summed E-state index contributed by atoms with van der Waals surface area (Å²) in [5, 5.41) is 3.15. The van der Waals surface area contributed by atoms with Gasteiger partial charge in [-0.2, -0.15) is 0 Å². The molecule has 3 heteroatoms. The summed E-state index contributed by atoms with van der Waals surface area (Å²) in [7, 11) is 0. The molecule has 0 aliphatic heterocycles. The number of nitrogens with two attached hydrogens (primary N) is 1. The van der Waals surface area contributed by atoms with Gasteiger partial charge in [0.1, 0.15) is 0 Å². The van der Waals surface area contributed by atoms with E-state index in [0.717, 1.165) is 29.5 Å². The number of hydrogen-bond acceptors (Lipinski definition) is 2. The van der Waals surface area contributed by atoms with E-state index in [1.165, 1.54) is 5.56 Å². The Bertz CT molecular complexity index is 941. The van der Waals surface area contributed by atoms with E-state index in [9.17, 15) is 4.79 Å². The van der Waals surface area contributed by atoms with Crippen LogP contribution in [0.3, 0.4) is 0 Å². The first-order valence-corrected chi connectivity index (χ1v) is 10.4. The van der Waals surface area contributed by atoms with E-state index in [1.807, 2.05) is 44.2 Å². The second kappa shape index (κ2) is 8.43. The lowest BCUT2D eigenvalue weighted by molar-refractivity contribution is -0.122. The van der Waals surface area contributed by atoms with E-state index < -0.39 is 0 Å². The van der Waals surface area contributed by atoms with Crippen LogP contribution in [0.5, 0.6) is 0 Å². The van der Waals surface area contributed by atoms with Crippen LogP contribution in [0, 0.1) is 17.3 Å². The zero-order valence-electron chi connectivity index (χ0n) is 18.0.